The smallest absolute Gasteiger partial charge is 0.239 e. The van der Waals surface area contributed by atoms with E-state index in [0.717, 1.165) is 32.6 Å². The van der Waals surface area contributed by atoms with Gasteiger partial charge in [-0.1, -0.05) is 12.2 Å². The molecule has 5 aliphatic rings. The Morgan fingerprint density at radius 3 is 2.92 bits per heavy atom. The van der Waals surface area contributed by atoms with Crippen LogP contribution in [0.5, 0.6) is 0 Å². The molecular formula is C20H23N4O+. The van der Waals surface area contributed by atoms with E-state index in [1.165, 1.54) is 27.2 Å². The van der Waals surface area contributed by atoms with Crippen molar-refractivity contribution in [1.29, 1.82) is 0 Å². The molecule has 0 aromatic carbocycles. The molecule has 0 bridgehead atoms. The fourth-order valence-electron chi connectivity index (χ4n) is 4.74. The van der Waals surface area contributed by atoms with E-state index in [-0.39, 0.29) is 11.5 Å². The van der Waals surface area contributed by atoms with Crippen molar-refractivity contribution in [1.82, 2.24) is 9.80 Å². The van der Waals surface area contributed by atoms with Gasteiger partial charge < -0.3 is 9.80 Å². The summed E-state index contributed by atoms with van der Waals surface area (Å²) in [6.07, 6.45) is 15.6. The molecule has 0 aromatic heterocycles. The van der Waals surface area contributed by atoms with Crippen LogP contribution in [0.3, 0.4) is 0 Å². The van der Waals surface area contributed by atoms with E-state index in [0.29, 0.717) is 6.54 Å². The molecule has 3 aliphatic heterocycles. The summed E-state index contributed by atoms with van der Waals surface area (Å²) in [5.74, 6) is 0. The largest absolute Gasteiger partial charge is 0.372 e. The Labute approximate surface area is 148 Å². The zero-order valence-electron chi connectivity index (χ0n) is 14.6. The molecule has 5 nitrogen and oxygen atoms in total. The third-order valence-electron chi connectivity index (χ3n) is 6.16. The van der Waals surface area contributed by atoms with Crippen molar-refractivity contribution in [3.8, 4) is 0 Å². The van der Waals surface area contributed by atoms with Gasteiger partial charge >= 0.3 is 0 Å². The number of aliphatic imine (C=N–C) groups is 1. The second-order valence-corrected chi connectivity index (χ2v) is 7.59. The van der Waals surface area contributed by atoms with Gasteiger partial charge in [0.25, 0.3) is 0 Å². The molecule has 0 radical (unpaired) electrons. The number of nitroso groups, excluding NO2 is 1. The molecular weight excluding hydrogens is 312 g/mol. The van der Waals surface area contributed by atoms with Crippen LogP contribution in [0.4, 0.5) is 0 Å². The molecule has 5 rings (SSSR count). The Hall–Kier alpha value is -2.27. The molecule has 3 heterocycles. The maximum absolute atomic E-state index is 12.4. The van der Waals surface area contributed by atoms with Gasteiger partial charge in [0.05, 0.1) is 0 Å². The number of fused-ring (bicyclic) bond motifs is 2. The van der Waals surface area contributed by atoms with Gasteiger partial charge in [0.1, 0.15) is 5.41 Å². The molecule has 0 saturated carbocycles. The number of likely N-dealkylation sites (N-methyl/N-ethyl adjacent to an activating group) is 1. The molecule has 0 aromatic rings. The normalized spacial score (nSPS) is 33.9. The van der Waals surface area contributed by atoms with Crippen molar-refractivity contribution >= 4 is 6.21 Å². The van der Waals surface area contributed by atoms with Gasteiger partial charge in [-0.3, -0.25) is 4.99 Å². The van der Waals surface area contributed by atoms with Gasteiger partial charge in [0.15, 0.2) is 0 Å². The lowest BCUT2D eigenvalue weighted by molar-refractivity contribution is -0.577. The molecule has 1 fully saturated rings. The average Bonchev–Trinajstić information content (AvgIpc) is 2.94. The highest BCUT2D eigenvalue weighted by Crippen LogP contribution is 2.52. The van der Waals surface area contributed by atoms with Crippen LogP contribution in [-0.4, -0.2) is 66.6 Å². The summed E-state index contributed by atoms with van der Waals surface area (Å²) >= 11 is 0. The minimum absolute atomic E-state index is 0.170. The lowest BCUT2D eigenvalue weighted by Crippen LogP contribution is -2.45. The van der Waals surface area contributed by atoms with Crippen LogP contribution in [0.15, 0.2) is 64.0 Å². The van der Waals surface area contributed by atoms with Crippen LogP contribution >= 0.6 is 0 Å². The van der Waals surface area contributed by atoms with Crippen LogP contribution < -0.4 is 0 Å². The third kappa shape index (κ3) is 2.15. The van der Waals surface area contributed by atoms with E-state index in [9.17, 15) is 4.91 Å². The topological polar surface area (TPSA) is 38.9 Å². The highest BCUT2D eigenvalue weighted by atomic mass is 16.3. The van der Waals surface area contributed by atoms with Gasteiger partial charge in [-0.15, -0.1) is 0 Å². The standard InChI is InChI=1S/C20H23N4O/c1-22-8-10-23(11-9-22)16-2-3-17-15(12-16)13-20-14-21-6-4-19(20)24(25)7-5-18(17)20/h2-6,13-14,19H,7-12H2,1H3/q+1. The number of hydrogen-bond acceptors (Lipinski definition) is 4. The van der Waals surface area contributed by atoms with Crippen LogP contribution in [0.1, 0.15) is 6.42 Å². The second kappa shape index (κ2) is 5.36. The Balaban J connectivity index is 1.50. The van der Waals surface area contributed by atoms with Crippen LogP contribution in [0.25, 0.3) is 0 Å². The molecule has 5 heteroatoms. The van der Waals surface area contributed by atoms with Gasteiger partial charge in [-0.05, 0) is 35.9 Å². The first-order valence-electron chi connectivity index (χ1n) is 9.10. The average molecular weight is 335 g/mol. The Morgan fingerprint density at radius 2 is 2.08 bits per heavy atom. The summed E-state index contributed by atoms with van der Waals surface area (Å²) in [5, 5.41) is 0. The molecule has 25 heavy (non-hydrogen) atoms. The van der Waals surface area contributed by atoms with Crippen molar-refractivity contribution in [2.24, 2.45) is 10.4 Å². The van der Waals surface area contributed by atoms with Crippen molar-refractivity contribution in [2.45, 2.75) is 12.5 Å². The van der Waals surface area contributed by atoms with Crippen molar-refractivity contribution in [2.75, 3.05) is 39.8 Å². The van der Waals surface area contributed by atoms with Gasteiger partial charge in [0, 0.05) is 66.5 Å². The maximum Gasteiger partial charge on any atom is 0.239 e. The van der Waals surface area contributed by atoms with Gasteiger partial charge in [0.2, 0.25) is 12.6 Å². The van der Waals surface area contributed by atoms with Gasteiger partial charge in [-0.25, -0.2) is 0 Å². The molecule has 2 aliphatic carbocycles. The summed E-state index contributed by atoms with van der Waals surface area (Å²) in [7, 11) is 2.19. The van der Waals surface area contributed by atoms with E-state index in [1.54, 1.807) is 6.20 Å². The van der Waals surface area contributed by atoms with Crippen LogP contribution in [0, 0.1) is 10.3 Å². The number of allylic oxidation sites excluding steroid dienone is 4. The SMILES string of the molecule is CN1CCN(C2=CC=C3C(=CC45C=NC=CC4[N+](=O)CC=C35)C2)CC1. The van der Waals surface area contributed by atoms with Crippen molar-refractivity contribution in [3.05, 3.63) is 63.9 Å². The lowest BCUT2D eigenvalue weighted by atomic mass is 9.73. The Bertz CT molecular complexity index is 821. The molecule has 2 unspecified atom stereocenters. The van der Waals surface area contributed by atoms with E-state index in [2.05, 4.69) is 46.1 Å². The number of hydrogen-bond donors (Lipinski definition) is 0. The number of piperazine rings is 1. The highest BCUT2D eigenvalue weighted by molar-refractivity contribution is 5.85. The monoisotopic (exact) mass is 335 g/mol. The summed E-state index contributed by atoms with van der Waals surface area (Å²) in [6.45, 7) is 4.87. The summed E-state index contributed by atoms with van der Waals surface area (Å²) < 4.78 is 1.18. The lowest BCUT2D eigenvalue weighted by Gasteiger charge is -2.36. The maximum atomic E-state index is 12.4. The summed E-state index contributed by atoms with van der Waals surface area (Å²) in [6, 6.07) is -0.170. The molecule has 0 N–H and O–H groups in total. The first-order chi connectivity index (χ1) is 12.2. The minimum Gasteiger partial charge on any atom is -0.372 e. The molecule has 128 valence electrons. The van der Waals surface area contributed by atoms with Gasteiger partial charge in [-0.2, -0.15) is 0 Å². The third-order valence-corrected chi connectivity index (χ3v) is 6.16. The number of rotatable bonds is 1. The quantitative estimate of drug-likeness (QED) is 0.689. The second-order valence-electron chi connectivity index (χ2n) is 7.59. The van der Waals surface area contributed by atoms with E-state index < -0.39 is 0 Å². The Morgan fingerprint density at radius 1 is 1.24 bits per heavy atom. The zero-order valence-corrected chi connectivity index (χ0v) is 14.6. The van der Waals surface area contributed by atoms with E-state index >= 15 is 0 Å². The minimum atomic E-state index is -0.374. The summed E-state index contributed by atoms with van der Waals surface area (Å²) in [5.41, 5.74) is 4.95. The van der Waals surface area contributed by atoms with Crippen LogP contribution in [-0.2, 0) is 0 Å². The first kappa shape index (κ1) is 15.0. The predicted octanol–water partition coefficient (Wildman–Crippen LogP) is 2.06. The fraction of sp³-hybridized carbons (Fsp3) is 0.450. The molecule has 1 saturated heterocycles. The fourth-order valence-corrected chi connectivity index (χ4v) is 4.74. The Kier molecular flexibility index (Phi) is 3.22. The van der Waals surface area contributed by atoms with Crippen molar-refractivity contribution in [3.63, 3.8) is 0 Å². The van der Waals surface area contributed by atoms with E-state index in [1.807, 2.05) is 12.3 Å². The zero-order chi connectivity index (χ0) is 17.0. The highest BCUT2D eigenvalue weighted by Gasteiger charge is 2.55. The predicted molar refractivity (Wildman–Crippen MR) is 98.4 cm³/mol. The van der Waals surface area contributed by atoms with Crippen molar-refractivity contribution < 1.29 is 4.76 Å². The summed E-state index contributed by atoms with van der Waals surface area (Å²) in [4.78, 5) is 21.7. The molecule has 2 atom stereocenters. The van der Waals surface area contributed by atoms with Crippen LogP contribution in [0.2, 0.25) is 0 Å². The number of nitrogens with zero attached hydrogens (tertiary/aromatic N) is 4. The first-order valence-corrected chi connectivity index (χ1v) is 9.10. The van der Waals surface area contributed by atoms with E-state index in [4.69, 9.17) is 0 Å². The molecule has 1 spiro atoms. The molecule has 0 amide bonds.